The molecule has 3 heterocycles. The van der Waals surface area contributed by atoms with Crippen LogP contribution in [0.25, 0.3) is 6.08 Å². The standard InChI is InChI=1S/C29H34N6O4/c1-29(2,3)26-18-27(34-39-26)33-28(36)32-23-8-6-21(7-9-23)4-5-22(19-30)16-24-17-25(20-31-24)38-15-12-35-10-13-37-14-11-35/h6-9,16-20,30-31H,10-15H2,1-3H3,(H2,32,33,34,36)/b22-16-,30-19?. The van der Waals surface area contributed by atoms with Gasteiger partial charge in [0.05, 0.1) is 13.2 Å². The van der Waals surface area contributed by atoms with Crippen molar-refractivity contribution in [3.8, 4) is 17.6 Å². The summed E-state index contributed by atoms with van der Waals surface area (Å²) in [7, 11) is 0. The number of aromatic amines is 1. The zero-order valence-corrected chi connectivity index (χ0v) is 22.5. The molecule has 39 heavy (non-hydrogen) atoms. The fourth-order valence-corrected chi connectivity index (χ4v) is 3.70. The van der Waals surface area contributed by atoms with Crippen LogP contribution < -0.4 is 15.4 Å². The smallest absolute Gasteiger partial charge is 0.324 e. The van der Waals surface area contributed by atoms with Crippen LogP contribution in [0.15, 0.2) is 52.7 Å². The highest BCUT2D eigenvalue weighted by atomic mass is 16.5. The average Bonchev–Trinajstić information content (AvgIpc) is 3.57. The first-order valence-corrected chi connectivity index (χ1v) is 12.8. The highest BCUT2D eigenvalue weighted by Crippen LogP contribution is 2.24. The van der Waals surface area contributed by atoms with Crippen molar-refractivity contribution in [2.24, 2.45) is 0 Å². The van der Waals surface area contributed by atoms with Crippen molar-refractivity contribution in [2.45, 2.75) is 26.2 Å². The third-order valence-corrected chi connectivity index (χ3v) is 5.91. The zero-order chi connectivity index (χ0) is 27.7. The van der Waals surface area contributed by atoms with E-state index in [9.17, 15) is 4.79 Å². The molecule has 4 N–H and O–H groups in total. The molecule has 0 radical (unpaired) electrons. The highest BCUT2D eigenvalue weighted by Gasteiger charge is 2.20. The highest BCUT2D eigenvalue weighted by molar-refractivity contribution is 5.99. The first-order chi connectivity index (χ1) is 18.8. The van der Waals surface area contributed by atoms with E-state index in [1.807, 2.05) is 26.8 Å². The molecule has 10 heteroatoms. The largest absolute Gasteiger partial charge is 0.491 e. The van der Waals surface area contributed by atoms with Crippen molar-refractivity contribution in [3.05, 3.63) is 65.2 Å². The van der Waals surface area contributed by atoms with Crippen LogP contribution in [0.4, 0.5) is 16.3 Å². The third-order valence-electron chi connectivity index (χ3n) is 5.91. The lowest BCUT2D eigenvalue weighted by molar-refractivity contribution is 0.0322. The molecule has 1 aliphatic rings. The van der Waals surface area contributed by atoms with Gasteiger partial charge < -0.3 is 29.7 Å². The van der Waals surface area contributed by atoms with E-state index in [0.717, 1.165) is 49.9 Å². The number of allylic oxidation sites excluding steroid dienone is 1. The molecule has 1 aliphatic heterocycles. The van der Waals surface area contributed by atoms with Crippen molar-refractivity contribution in [1.29, 1.82) is 5.41 Å². The number of amides is 2. The Morgan fingerprint density at radius 3 is 2.67 bits per heavy atom. The molecule has 0 unspecified atom stereocenters. The number of anilines is 2. The molecule has 2 aromatic heterocycles. The Hall–Kier alpha value is -4.33. The first kappa shape index (κ1) is 27.7. The molecule has 10 nitrogen and oxygen atoms in total. The Kier molecular flexibility index (Phi) is 9.20. The molecule has 0 saturated carbocycles. The van der Waals surface area contributed by atoms with Crippen LogP contribution in [0.3, 0.4) is 0 Å². The summed E-state index contributed by atoms with van der Waals surface area (Å²) in [6.07, 6.45) is 4.81. The number of aromatic nitrogens is 2. The van der Waals surface area contributed by atoms with E-state index in [1.165, 1.54) is 6.21 Å². The maximum Gasteiger partial charge on any atom is 0.324 e. The Balaban J connectivity index is 1.28. The van der Waals surface area contributed by atoms with E-state index < -0.39 is 6.03 Å². The number of rotatable bonds is 8. The molecule has 4 rings (SSSR count). The minimum Gasteiger partial charge on any atom is -0.491 e. The number of benzene rings is 1. The fourth-order valence-electron chi connectivity index (χ4n) is 3.70. The molecule has 0 atom stereocenters. The third kappa shape index (κ3) is 8.60. The van der Waals surface area contributed by atoms with Gasteiger partial charge >= 0.3 is 6.03 Å². The van der Waals surface area contributed by atoms with E-state index >= 15 is 0 Å². The first-order valence-electron chi connectivity index (χ1n) is 12.8. The SMILES string of the molecule is CC(C)(C)c1cc(NC(=O)Nc2ccc(C#C/C(C=N)=C/c3cc(OCCN4CCOCC4)c[nH]3)cc2)no1. The molecule has 0 bridgehead atoms. The second-order valence-electron chi connectivity index (χ2n) is 10.1. The summed E-state index contributed by atoms with van der Waals surface area (Å²) >= 11 is 0. The molecule has 204 valence electrons. The van der Waals surface area contributed by atoms with Crippen LogP contribution in [0.1, 0.15) is 37.8 Å². The molecular formula is C29H34N6O4. The summed E-state index contributed by atoms with van der Waals surface area (Å²) in [5.41, 5.74) is 2.50. The van der Waals surface area contributed by atoms with E-state index in [2.05, 4.69) is 37.5 Å². The number of hydrogen-bond acceptors (Lipinski definition) is 7. The molecule has 2 amide bonds. The minimum atomic E-state index is -0.424. The molecule has 3 aromatic rings. The Labute approximate surface area is 228 Å². The quantitative estimate of drug-likeness (QED) is 0.246. The van der Waals surface area contributed by atoms with Gasteiger partial charge in [-0.25, -0.2) is 4.79 Å². The zero-order valence-electron chi connectivity index (χ0n) is 22.5. The number of urea groups is 1. The van der Waals surface area contributed by atoms with Crippen LogP contribution in [-0.4, -0.2) is 66.7 Å². The Morgan fingerprint density at radius 2 is 1.97 bits per heavy atom. The van der Waals surface area contributed by atoms with Crippen LogP contribution >= 0.6 is 0 Å². The van der Waals surface area contributed by atoms with Crippen LogP contribution in [0.2, 0.25) is 0 Å². The van der Waals surface area contributed by atoms with Gasteiger partial charge in [-0.15, -0.1) is 0 Å². The van der Waals surface area contributed by atoms with Crippen LogP contribution in [0.5, 0.6) is 5.75 Å². The molecular weight excluding hydrogens is 496 g/mol. The number of morpholine rings is 1. The minimum absolute atomic E-state index is 0.199. The summed E-state index contributed by atoms with van der Waals surface area (Å²) in [6.45, 7) is 10.9. The number of carbonyl (C=O) groups excluding carboxylic acids is 1. The second-order valence-corrected chi connectivity index (χ2v) is 10.1. The number of carbonyl (C=O) groups is 1. The topological polar surface area (TPSA) is 128 Å². The van der Waals surface area contributed by atoms with Gasteiger partial charge in [0.15, 0.2) is 5.82 Å². The molecule has 1 saturated heterocycles. The Morgan fingerprint density at radius 1 is 1.21 bits per heavy atom. The summed E-state index contributed by atoms with van der Waals surface area (Å²) < 4.78 is 16.5. The van der Waals surface area contributed by atoms with Gasteiger partial charge in [0, 0.05) is 72.1 Å². The lowest BCUT2D eigenvalue weighted by Crippen LogP contribution is -2.38. The average molecular weight is 531 g/mol. The van der Waals surface area contributed by atoms with E-state index in [4.69, 9.17) is 19.4 Å². The van der Waals surface area contributed by atoms with Crippen molar-refractivity contribution in [2.75, 3.05) is 50.1 Å². The lowest BCUT2D eigenvalue weighted by atomic mass is 9.93. The lowest BCUT2D eigenvalue weighted by Gasteiger charge is -2.26. The van der Waals surface area contributed by atoms with E-state index in [0.29, 0.717) is 29.4 Å². The molecule has 1 fully saturated rings. The van der Waals surface area contributed by atoms with E-state index in [-0.39, 0.29) is 5.41 Å². The summed E-state index contributed by atoms with van der Waals surface area (Å²) in [5.74, 6) is 7.83. The van der Waals surface area contributed by atoms with Crippen molar-refractivity contribution in [1.82, 2.24) is 15.0 Å². The van der Waals surface area contributed by atoms with Crippen molar-refractivity contribution < 1.29 is 18.8 Å². The summed E-state index contributed by atoms with van der Waals surface area (Å²) in [5, 5.41) is 17.0. The number of nitrogens with one attached hydrogen (secondary N) is 4. The maximum absolute atomic E-state index is 12.3. The Bertz CT molecular complexity index is 1350. The van der Waals surface area contributed by atoms with Crippen LogP contribution in [-0.2, 0) is 10.2 Å². The fraction of sp³-hybridized carbons (Fsp3) is 0.345. The predicted octanol–water partition coefficient (Wildman–Crippen LogP) is 4.74. The number of ether oxygens (including phenoxy) is 2. The molecule has 1 aromatic carbocycles. The van der Waals surface area contributed by atoms with Crippen molar-refractivity contribution >= 4 is 29.8 Å². The van der Waals surface area contributed by atoms with Crippen LogP contribution in [0, 0.1) is 17.3 Å². The van der Waals surface area contributed by atoms with Gasteiger partial charge in [0.2, 0.25) is 0 Å². The number of H-pyrrole nitrogens is 1. The predicted molar refractivity (Wildman–Crippen MR) is 151 cm³/mol. The second kappa shape index (κ2) is 13.0. The van der Waals surface area contributed by atoms with Gasteiger partial charge in [0.1, 0.15) is 18.1 Å². The van der Waals surface area contributed by atoms with Gasteiger partial charge in [-0.05, 0) is 30.3 Å². The van der Waals surface area contributed by atoms with Gasteiger partial charge in [-0.3, -0.25) is 10.2 Å². The van der Waals surface area contributed by atoms with Gasteiger partial charge in [-0.1, -0.05) is 37.8 Å². The summed E-state index contributed by atoms with van der Waals surface area (Å²) in [4.78, 5) is 17.8. The molecule has 0 aliphatic carbocycles. The molecule has 0 spiro atoms. The number of nitrogens with zero attached hydrogens (tertiary/aromatic N) is 2. The monoisotopic (exact) mass is 530 g/mol. The van der Waals surface area contributed by atoms with Gasteiger partial charge in [-0.2, -0.15) is 0 Å². The maximum atomic E-state index is 12.3. The summed E-state index contributed by atoms with van der Waals surface area (Å²) in [6, 6.07) is 10.3. The van der Waals surface area contributed by atoms with E-state index in [1.54, 1.807) is 42.6 Å². The van der Waals surface area contributed by atoms with Gasteiger partial charge in [0.25, 0.3) is 0 Å². The normalized spacial score (nSPS) is 14.3. The van der Waals surface area contributed by atoms with Crippen molar-refractivity contribution in [3.63, 3.8) is 0 Å². The number of hydrogen-bond donors (Lipinski definition) is 4.